The molecule has 0 bridgehead atoms. The molecular weight excluding hydrogens is 290 g/mol. The van der Waals surface area contributed by atoms with E-state index in [-0.39, 0.29) is 11.4 Å². The van der Waals surface area contributed by atoms with Crippen LogP contribution in [0.15, 0.2) is 40.3 Å². The van der Waals surface area contributed by atoms with E-state index in [4.69, 9.17) is 5.11 Å². The molecule has 0 spiro atoms. The summed E-state index contributed by atoms with van der Waals surface area (Å²) in [4.78, 5) is 22.3. The average Bonchev–Trinajstić information content (AvgIpc) is 2.84. The molecule has 0 saturated heterocycles. The van der Waals surface area contributed by atoms with Gasteiger partial charge in [-0.2, -0.15) is 0 Å². The van der Waals surface area contributed by atoms with E-state index in [0.29, 0.717) is 17.6 Å². The molecule has 0 aliphatic heterocycles. The third-order valence-electron chi connectivity index (χ3n) is 3.20. The van der Waals surface area contributed by atoms with Crippen molar-refractivity contribution in [3.05, 3.63) is 46.4 Å². The predicted octanol–water partition coefficient (Wildman–Crippen LogP) is 1.94. The van der Waals surface area contributed by atoms with Crippen LogP contribution in [0.3, 0.4) is 0 Å². The molecule has 0 aliphatic rings. The third-order valence-corrected chi connectivity index (χ3v) is 4.16. The lowest BCUT2D eigenvalue weighted by atomic mass is 9.98. The number of rotatable bonds is 7. The lowest BCUT2D eigenvalue weighted by molar-refractivity contribution is -0.133. The lowest BCUT2D eigenvalue weighted by Crippen LogP contribution is -2.19. The molecule has 0 fully saturated rings. The molecule has 21 heavy (non-hydrogen) atoms. The lowest BCUT2D eigenvalue weighted by Gasteiger charge is -2.12. The Balaban J connectivity index is 2.01. The van der Waals surface area contributed by atoms with E-state index in [1.807, 2.05) is 18.2 Å². The zero-order chi connectivity index (χ0) is 15.2. The minimum absolute atomic E-state index is 0.113. The number of thioether (sulfide) groups is 1. The highest BCUT2D eigenvalue weighted by Crippen LogP contribution is 2.20. The predicted molar refractivity (Wildman–Crippen MR) is 80.7 cm³/mol. The SMILES string of the molecule is CC(CCn1c(SCC(=O)O)n[nH]c1=O)c1ccccc1. The molecule has 0 radical (unpaired) electrons. The van der Waals surface area contributed by atoms with Gasteiger partial charge in [0.05, 0.1) is 5.75 Å². The molecule has 2 aromatic rings. The van der Waals surface area contributed by atoms with Gasteiger partial charge in [0.15, 0.2) is 5.16 Å². The fraction of sp³-hybridized carbons (Fsp3) is 0.357. The molecule has 1 aromatic heterocycles. The van der Waals surface area contributed by atoms with Crippen molar-refractivity contribution in [2.24, 2.45) is 0 Å². The van der Waals surface area contributed by atoms with Crippen LogP contribution in [0.25, 0.3) is 0 Å². The van der Waals surface area contributed by atoms with Crippen LogP contribution in [0.1, 0.15) is 24.8 Å². The number of aromatic amines is 1. The molecule has 0 aliphatic carbocycles. The average molecular weight is 307 g/mol. The van der Waals surface area contributed by atoms with Crippen LogP contribution in [-0.4, -0.2) is 31.6 Å². The minimum atomic E-state index is -0.931. The van der Waals surface area contributed by atoms with Crippen LogP contribution < -0.4 is 5.69 Å². The second kappa shape index (κ2) is 7.12. The summed E-state index contributed by atoms with van der Waals surface area (Å²) in [6, 6.07) is 10.1. The highest BCUT2D eigenvalue weighted by atomic mass is 32.2. The van der Waals surface area contributed by atoms with Crippen LogP contribution in [0.5, 0.6) is 0 Å². The molecule has 1 aromatic carbocycles. The second-order valence-corrected chi connectivity index (χ2v) is 5.69. The first kappa shape index (κ1) is 15.4. The summed E-state index contributed by atoms with van der Waals surface area (Å²) < 4.78 is 1.49. The molecule has 2 rings (SSSR count). The first-order valence-corrected chi connectivity index (χ1v) is 7.61. The molecule has 0 amide bonds. The van der Waals surface area contributed by atoms with Gasteiger partial charge in [-0.25, -0.2) is 9.89 Å². The van der Waals surface area contributed by atoms with Gasteiger partial charge >= 0.3 is 11.7 Å². The zero-order valence-corrected chi connectivity index (χ0v) is 12.5. The van der Waals surface area contributed by atoms with Gasteiger partial charge in [0, 0.05) is 6.54 Å². The third kappa shape index (κ3) is 4.22. The van der Waals surface area contributed by atoms with Crippen molar-refractivity contribution in [2.75, 3.05) is 5.75 Å². The molecule has 1 heterocycles. The van der Waals surface area contributed by atoms with Gasteiger partial charge in [-0.3, -0.25) is 9.36 Å². The number of carboxylic acid groups (broad SMARTS) is 1. The van der Waals surface area contributed by atoms with Gasteiger partial charge in [0.25, 0.3) is 0 Å². The monoisotopic (exact) mass is 307 g/mol. The van der Waals surface area contributed by atoms with E-state index in [2.05, 4.69) is 29.3 Å². The van der Waals surface area contributed by atoms with Crippen molar-refractivity contribution in [3.63, 3.8) is 0 Å². The Morgan fingerprint density at radius 2 is 2.14 bits per heavy atom. The zero-order valence-electron chi connectivity index (χ0n) is 11.7. The normalized spacial score (nSPS) is 12.2. The molecule has 0 saturated carbocycles. The maximum atomic E-state index is 11.7. The van der Waals surface area contributed by atoms with Gasteiger partial charge in [-0.1, -0.05) is 49.0 Å². The smallest absolute Gasteiger partial charge is 0.343 e. The van der Waals surface area contributed by atoms with Crippen molar-refractivity contribution < 1.29 is 9.90 Å². The van der Waals surface area contributed by atoms with Crippen molar-refractivity contribution in [1.29, 1.82) is 0 Å². The number of nitrogens with zero attached hydrogens (tertiary/aromatic N) is 2. The summed E-state index contributed by atoms with van der Waals surface area (Å²) >= 11 is 1.04. The Hall–Kier alpha value is -2.02. The Morgan fingerprint density at radius 1 is 1.43 bits per heavy atom. The van der Waals surface area contributed by atoms with Crippen molar-refractivity contribution in [1.82, 2.24) is 14.8 Å². The summed E-state index contributed by atoms with van der Waals surface area (Å²) in [6.07, 6.45) is 0.782. The number of carboxylic acids is 1. The number of aromatic nitrogens is 3. The van der Waals surface area contributed by atoms with Crippen LogP contribution >= 0.6 is 11.8 Å². The van der Waals surface area contributed by atoms with Gasteiger partial charge in [-0.05, 0) is 17.9 Å². The maximum absolute atomic E-state index is 11.7. The van der Waals surface area contributed by atoms with Crippen molar-refractivity contribution in [3.8, 4) is 0 Å². The number of aliphatic carboxylic acids is 1. The van der Waals surface area contributed by atoms with Gasteiger partial charge in [-0.15, -0.1) is 5.10 Å². The van der Waals surface area contributed by atoms with Gasteiger partial charge in [0.2, 0.25) is 0 Å². The number of H-pyrrole nitrogens is 1. The Morgan fingerprint density at radius 3 is 2.81 bits per heavy atom. The quantitative estimate of drug-likeness (QED) is 0.763. The van der Waals surface area contributed by atoms with Crippen molar-refractivity contribution in [2.45, 2.75) is 31.0 Å². The van der Waals surface area contributed by atoms with E-state index in [1.54, 1.807) is 0 Å². The molecule has 7 heteroatoms. The summed E-state index contributed by atoms with van der Waals surface area (Å²) in [5.74, 6) is -0.733. The molecular formula is C14H17N3O3S. The minimum Gasteiger partial charge on any atom is -0.481 e. The van der Waals surface area contributed by atoms with Gasteiger partial charge in [0.1, 0.15) is 0 Å². The maximum Gasteiger partial charge on any atom is 0.343 e. The van der Waals surface area contributed by atoms with Crippen LogP contribution in [0.2, 0.25) is 0 Å². The molecule has 2 N–H and O–H groups in total. The highest BCUT2D eigenvalue weighted by molar-refractivity contribution is 7.99. The molecule has 112 valence electrons. The largest absolute Gasteiger partial charge is 0.481 e. The number of carbonyl (C=O) groups is 1. The number of hydrogen-bond donors (Lipinski definition) is 2. The summed E-state index contributed by atoms with van der Waals surface area (Å²) in [5.41, 5.74) is 0.914. The Bertz CT molecular complexity index is 651. The highest BCUT2D eigenvalue weighted by Gasteiger charge is 2.12. The van der Waals surface area contributed by atoms with E-state index in [1.165, 1.54) is 10.1 Å². The van der Waals surface area contributed by atoms with Crippen LogP contribution in [0, 0.1) is 0 Å². The number of benzene rings is 1. The fourth-order valence-corrected chi connectivity index (χ4v) is 2.70. The first-order valence-electron chi connectivity index (χ1n) is 6.62. The van der Waals surface area contributed by atoms with Gasteiger partial charge < -0.3 is 5.11 Å². The Kier molecular flexibility index (Phi) is 5.21. The second-order valence-electron chi connectivity index (χ2n) is 4.75. The summed E-state index contributed by atoms with van der Waals surface area (Å²) in [7, 11) is 0. The summed E-state index contributed by atoms with van der Waals surface area (Å²) in [6.45, 7) is 2.61. The van der Waals surface area contributed by atoms with E-state index in [9.17, 15) is 9.59 Å². The standard InChI is InChI=1S/C14H17N3O3S/c1-10(11-5-3-2-4-6-11)7-8-17-13(20)15-16-14(17)21-9-12(18)19/h2-6,10H,7-9H2,1H3,(H,15,20)(H,18,19). The first-order chi connectivity index (χ1) is 10.1. The number of nitrogens with one attached hydrogen (secondary N) is 1. The van der Waals surface area contributed by atoms with Crippen LogP contribution in [-0.2, 0) is 11.3 Å². The number of hydrogen-bond acceptors (Lipinski definition) is 4. The van der Waals surface area contributed by atoms with E-state index in [0.717, 1.165) is 18.2 Å². The molecule has 6 nitrogen and oxygen atoms in total. The van der Waals surface area contributed by atoms with Crippen molar-refractivity contribution >= 4 is 17.7 Å². The van der Waals surface area contributed by atoms with E-state index < -0.39 is 5.97 Å². The topological polar surface area (TPSA) is 88.0 Å². The Labute approximate surface area is 126 Å². The summed E-state index contributed by atoms with van der Waals surface area (Å²) in [5, 5.41) is 15.3. The molecule has 1 unspecified atom stereocenters. The van der Waals surface area contributed by atoms with Crippen LogP contribution in [0.4, 0.5) is 0 Å². The fourth-order valence-electron chi connectivity index (χ4n) is 2.01. The molecule has 1 atom stereocenters. The van der Waals surface area contributed by atoms with E-state index >= 15 is 0 Å².